The summed E-state index contributed by atoms with van der Waals surface area (Å²) in [4.78, 5) is 5.28. The van der Waals surface area contributed by atoms with Crippen LogP contribution >= 0.6 is 0 Å². The number of hydrogen-bond donors (Lipinski definition) is 1. The van der Waals surface area contributed by atoms with Gasteiger partial charge in [0.2, 0.25) is 0 Å². The lowest BCUT2D eigenvalue weighted by atomic mass is 9.78. The van der Waals surface area contributed by atoms with Crippen molar-refractivity contribution in [2.24, 2.45) is 11.1 Å². The van der Waals surface area contributed by atoms with Crippen molar-refractivity contribution < 1.29 is 0 Å². The molecule has 2 N–H and O–H groups in total. The van der Waals surface area contributed by atoms with Crippen LogP contribution in [0.4, 0.5) is 0 Å². The smallest absolute Gasteiger partial charge is 0.0358 e. The van der Waals surface area contributed by atoms with Crippen molar-refractivity contribution in [1.82, 2.24) is 9.80 Å². The van der Waals surface area contributed by atoms with Gasteiger partial charge in [0, 0.05) is 30.7 Å². The van der Waals surface area contributed by atoms with Crippen molar-refractivity contribution in [2.45, 2.75) is 71.0 Å². The number of hydrogen-bond acceptors (Lipinski definition) is 3. The predicted octanol–water partition coefficient (Wildman–Crippen LogP) is 2.31. The Kier molecular flexibility index (Phi) is 4.29. The van der Waals surface area contributed by atoms with Crippen LogP contribution in [0.1, 0.15) is 53.4 Å². The number of piperidine rings is 1. The fraction of sp³-hybridized carbons (Fsp3) is 1.00. The molecule has 0 saturated carbocycles. The molecular formula is C16H33N3. The van der Waals surface area contributed by atoms with E-state index in [-0.39, 0.29) is 5.54 Å². The Morgan fingerprint density at radius 1 is 1.37 bits per heavy atom. The molecule has 0 spiro atoms. The lowest BCUT2D eigenvalue weighted by molar-refractivity contribution is -0.0224. The third-order valence-corrected chi connectivity index (χ3v) is 5.94. The minimum atomic E-state index is 0.220. The fourth-order valence-corrected chi connectivity index (χ4v) is 3.95. The van der Waals surface area contributed by atoms with Crippen molar-refractivity contribution in [1.29, 1.82) is 0 Å². The van der Waals surface area contributed by atoms with Gasteiger partial charge in [-0.3, -0.25) is 4.90 Å². The highest BCUT2D eigenvalue weighted by Crippen LogP contribution is 2.39. The van der Waals surface area contributed by atoms with E-state index in [9.17, 15) is 0 Å². The predicted molar refractivity (Wildman–Crippen MR) is 82.3 cm³/mol. The minimum absolute atomic E-state index is 0.220. The Morgan fingerprint density at radius 2 is 2.05 bits per heavy atom. The van der Waals surface area contributed by atoms with Crippen molar-refractivity contribution in [3.63, 3.8) is 0 Å². The highest BCUT2D eigenvalue weighted by atomic mass is 15.3. The Balaban J connectivity index is 2.14. The standard InChI is InChI=1S/C16H33N3/c1-13(15(2,3)4)18(5)16(12-17)8-10-19-9-6-7-14(19)11-16/h13-14H,6-12,17H2,1-5H3. The summed E-state index contributed by atoms with van der Waals surface area (Å²) in [6.45, 7) is 12.7. The maximum absolute atomic E-state index is 6.24. The van der Waals surface area contributed by atoms with Gasteiger partial charge in [0.05, 0.1) is 0 Å². The van der Waals surface area contributed by atoms with E-state index in [1.165, 1.54) is 38.8 Å². The van der Waals surface area contributed by atoms with Crippen LogP contribution in [-0.2, 0) is 0 Å². The summed E-state index contributed by atoms with van der Waals surface area (Å²) >= 11 is 0. The molecule has 0 bridgehead atoms. The molecular weight excluding hydrogens is 234 g/mol. The SMILES string of the molecule is CC(N(C)C1(CN)CCN2CCCC2C1)C(C)(C)C. The van der Waals surface area contributed by atoms with Gasteiger partial charge in [-0.2, -0.15) is 0 Å². The van der Waals surface area contributed by atoms with E-state index >= 15 is 0 Å². The zero-order chi connectivity index (χ0) is 14.3. The highest BCUT2D eigenvalue weighted by Gasteiger charge is 2.45. The normalized spacial score (nSPS) is 34.6. The molecule has 3 nitrogen and oxygen atoms in total. The zero-order valence-corrected chi connectivity index (χ0v) is 13.6. The van der Waals surface area contributed by atoms with Gasteiger partial charge in [0.25, 0.3) is 0 Å². The summed E-state index contributed by atoms with van der Waals surface area (Å²) < 4.78 is 0. The summed E-state index contributed by atoms with van der Waals surface area (Å²) in [7, 11) is 2.30. The van der Waals surface area contributed by atoms with Gasteiger partial charge in [-0.05, 0) is 51.6 Å². The molecule has 2 aliphatic heterocycles. The van der Waals surface area contributed by atoms with E-state index in [4.69, 9.17) is 5.73 Å². The number of nitrogens with zero attached hydrogens (tertiary/aromatic N) is 2. The molecule has 2 saturated heterocycles. The topological polar surface area (TPSA) is 32.5 Å². The van der Waals surface area contributed by atoms with Gasteiger partial charge in [0.1, 0.15) is 0 Å². The van der Waals surface area contributed by atoms with Gasteiger partial charge in [0.15, 0.2) is 0 Å². The van der Waals surface area contributed by atoms with Gasteiger partial charge >= 0.3 is 0 Å². The van der Waals surface area contributed by atoms with Crippen LogP contribution in [0.15, 0.2) is 0 Å². The first kappa shape index (κ1) is 15.3. The van der Waals surface area contributed by atoms with Crippen LogP contribution in [-0.4, -0.2) is 54.1 Å². The van der Waals surface area contributed by atoms with E-state index in [0.29, 0.717) is 11.5 Å². The van der Waals surface area contributed by atoms with Crippen LogP contribution in [0.2, 0.25) is 0 Å². The first-order valence-electron chi connectivity index (χ1n) is 7.97. The maximum atomic E-state index is 6.24. The zero-order valence-electron chi connectivity index (χ0n) is 13.6. The molecule has 3 unspecified atom stereocenters. The van der Waals surface area contributed by atoms with Crippen LogP contribution < -0.4 is 5.73 Å². The van der Waals surface area contributed by atoms with Crippen molar-refractivity contribution in [3.8, 4) is 0 Å². The Labute approximate surface area is 119 Å². The third kappa shape index (κ3) is 2.84. The second-order valence-electron chi connectivity index (χ2n) is 7.87. The first-order chi connectivity index (χ1) is 8.80. The van der Waals surface area contributed by atoms with Gasteiger partial charge in [-0.1, -0.05) is 20.8 Å². The molecule has 0 radical (unpaired) electrons. The molecule has 3 atom stereocenters. The van der Waals surface area contributed by atoms with E-state index in [1.807, 2.05) is 0 Å². The monoisotopic (exact) mass is 267 g/mol. The second-order valence-corrected chi connectivity index (χ2v) is 7.87. The van der Waals surface area contributed by atoms with Crippen LogP contribution in [0, 0.1) is 5.41 Å². The Bertz CT molecular complexity index is 310. The summed E-state index contributed by atoms with van der Waals surface area (Å²) in [6, 6.07) is 1.34. The third-order valence-electron chi connectivity index (χ3n) is 5.94. The van der Waals surface area contributed by atoms with Gasteiger partial charge in [-0.15, -0.1) is 0 Å². The molecule has 0 amide bonds. The lowest BCUT2D eigenvalue weighted by Gasteiger charge is -2.53. The van der Waals surface area contributed by atoms with Crippen molar-refractivity contribution >= 4 is 0 Å². The molecule has 2 aliphatic rings. The van der Waals surface area contributed by atoms with Gasteiger partial charge < -0.3 is 10.6 Å². The first-order valence-corrected chi connectivity index (χ1v) is 7.97. The molecule has 19 heavy (non-hydrogen) atoms. The summed E-state index contributed by atoms with van der Waals surface area (Å²) in [5.74, 6) is 0. The largest absolute Gasteiger partial charge is 0.329 e. The number of nitrogens with two attached hydrogens (primary N) is 1. The van der Waals surface area contributed by atoms with E-state index in [0.717, 1.165) is 12.6 Å². The van der Waals surface area contributed by atoms with Crippen LogP contribution in [0.3, 0.4) is 0 Å². The van der Waals surface area contributed by atoms with Crippen molar-refractivity contribution in [3.05, 3.63) is 0 Å². The molecule has 3 heteroatoms. The van der Waals surface area contributed by atoms with E-state index in [1.54, 1.807) is 0 Å². The Hall–Kier alpha value is -0.120. The molecule has 0 aromatic carbocycles. The average molecular weight is 267 g/mol. The minimum Gasteiger partial charge on any atom is -0.329 e. The molecule has 2 heterocycles. The molecule has 0 aliphatic carbocycles. The summed E-state index contributed by atoms with van der Waals surface area (Å²) in [6.07, 6.45) is 5.25. The van der Waals surface area contributed by atoms with E-state index < -0.39 is 0 Å². The van der Waals surface area contributed by atoms with E-state index in [2.05, 4.69) is 44.5 Å². The van der Waals surface area contributed by atoms with Crippen LogP contribution in [0.25, 0.3) is 0 Å². The quantitative estimate of drug-likeness (QED) is 0.852. The summed E-state index contributed by atoms with van der Waals surface area (Å²) in [5.41, 5.74) is 6.77. The Morgan fingerprint density at radius 3 is 2.63 bits per heavy atom. The molecule has 112 valence electrons. The molecule has 2 rings (SSSR count). The van der Waals surface area contributed by atoms with Crippen LogP contribution in [0.5, 0.6) is 0 Å². The highest BCUT2D eigenvalue weighted by molar-refractivity contribution is 5.03. The maximum Gasteiger partial charge on any atom is 0.0358 e. The molecule has 0 aromatic heterocycles. The summed E-state index contributed by atoms with van der Waals surface area (Å²) in [5, 5.41) is 0. The second kappa shape index (κ2) is 5.34. The number of fused-ring (bicyclic) bond motifs is 1. The lowest BCUT2D eigenvalue weighted by Crippen LogP contribution is -2.63. The van der Waals surface area contributed by atoms with Crippen molar-refractivity contribution in [2.75, 3.05) is 26.7 Å². The molecule has 0 aromatic rings. The number of likely N-dealkylation sites (N-methyl/N-ethyl adjacent to an activating group) is 1. The number of rotatable bonds is 3. The fourth-order valence-electron chi connectivity index (χ4n) is 3.95. The average Bonchev–Trinajstić information content (AvgIpc) is 2.82. The van der Waals surface area contributed by atoms with Gasteiger partial charge in [-0.25, -0.2) is 0 Å². The molecule has 2 fully saturated rings.